The predicted octanol–water partition coefficient (Wildman–Crippen LogP) is 4.60. The zero-order valence-corrected chi connectivity index (χ0v) is 19.4. The van der Waals surface area contributed by atoms with Crippen LogP contribution in [0.3, 0.4) is 0 Å². The van der Waals surface area contributed by atoms with E-state index in [-0.39, 0.29) is 10.8 Å². The van der Waals surface area contributed by atoms with Gasteiger partial charge in [-0.2, -0.15) is 13.2 Å². The Bertz CT molecular complexity index is 982. The third kappa shape index (κ3) is 7.41. The standard InChI is InChI=1S/C23H30F3N3O3S/c1-28(33(30,31)22-10-8-21(9-11-22)23(24,25)26)16-19-4-6-20(7-5-19)17-32-15-3-2-13-29-14-12-27-18-29/h2-3,8-12,14,18-20H,4-7,13,15-17H2,1H3/b3-2+. The van der Waals surface area contributed by atoms with Crippen molar-refractivity contribution in [3.63, 3.8) is 0 Å². The number of hydrogen-bond acceptors (Lipinski definition) is 4. The molecule has 6 nitrogen and oxygen atoms in total. The highest BCUT2D eigenvalue weighted by Crippen LogP contribution is 2.32. The third-order valence-corrected chi connectivity index (χ3v) is 7.82. The number of nitrogens with zero attached hydrogens (tertiary/aromatic N) is 3. The molecule has 2 aromatic rings. The van der Waals surface area contributed by atoms with Gasteiger partial charge in [0.25, 0.3) is 0 Å². The van der Waals surface area contributed by atoms with E-state index < -0.39 is 21.8 Å². The van der Waals surface area contributed by atoms with Crippen LogP contribution < -0.4 is 0 Å². The van der Waals surface area contributed by atoms with Gasteiger partial charge in [0, 0.05) is 39.1 Å². The van der Waals surface area contributed by atoms with Crippen LogP contribution in [0.15, 0.2) is 60.0 Å². The normalized spacial score (nSPS) is 20.0. The number of imidazole rings is 1. The van der Waals surface area contributed by atoms with Crippen molar-refractivity contribution < 1.29 is 26.3 Å². The highest BCUT2D eigenvalue weighted by molar-refractivity contribution is 7.89. The molecule has 1 saturated carbocycles. The molecule has 0 atom stereocenters. The SMILES string of the molecule is CN(CC1CCC(COC/C=C/Cn2ccnc2)CC1)S(=O)(=O)c1ccc(C(F)(F)F)cc1. The zero-order chi connectivity index (χ0) is 23.9. The van der Waals surface area contributed by atoms with E-state index >= 15 is 0 Å². The first kappa shape index (κ1) is 25.5. The first-order chi connectivity index (χ1) is 15.7. The van der Waals surface area contributed by atoms with Crippen LogP contribution in [-0.4, -0.2) is 49.1 Å². The molecule has 10 heteroatoms. The summed E-state index contributed by atoms with van der Waals surface area (Å²) in [5.41, 5.74) is -0.863. The van der Waals surface area contributed by atoms with Gasteiger partial charge in [0.2, 0.25) is 10.0 Å². The van der Waals surface area contributed by atoms with Crippen molar-refractivity contribution in [3.05, 3.63) is 60.7 Å². The molecular weight excluding hydrogens is 455 g/mol. The molecule has 33 heavy (non-hydrogen) atoms. The molecule has 182 valence electrons. The van der Waals surface area contributed by atoms with Crippen LogP contribution in [0.25, 0.3) is 0 Å². The van der Waals surface area contributed by atoms with Crippen LogP contribution in [0.2, 0.25) is 0 Å². The average Bonchev–Trinajstić information content (AvgIpc) is 3.30. The molecule has 3 rings (SSSR count). The molecule has 0 aliphatic heterocycles. The number of benzene rings is 1. The monoisotopic (exact) mass is 485 g/mol. The number of aromatic nitrogens is 2. The van der Waals surface area contributed by atoms with Crippen molar-refractivity contribution in [1.82, 2.24) is 13.9 Å². The fourth-order valence-electron chi connectivity index (χ4n) is 4.00. The quantitative estimate of drug-likeness (QED) is 0.364. The number of halogens is 3. The van der Waals surface area contributed by atoms with Crippen LogP contribution in [0, 0.1) is 11.8 Å². The summed E-state index contributed by atoms with van der Waals surface area (Å²) in [6.07, 6.45) is 8.67. The maximum atomic E-state index is 12.7. The topological polar surface area (TPSA) is 64.4 Å². The van der Waals surface area contributed by atoms with Gasteiger partial charge < -0.3 is 9.30 Å². The van der Waals surface area contributed by atoms with Crippen LogP contribution >= 0.6 is 0 Å². The molecule has 1 heterocycles. The van der Waals surface area contributed by atoms with Gasteiger partial charge in [0.05, 0.1) is 23.4 Å². The largest absolute Gasteiger partial charge is 0.416 e. The average molecular weight is 486 g/mol. The van der Waals surface area contributed by atoms with E-state index in [0.29, 0.717) is 25.7 Å². The van der Waals surface area contributed by atoms with E-state index in [1.165, 1.54) is 11.4 Å². The van der Waals surface area contributed by atoms with Crippen molar-refractivity contribution in [1.29, 1.82) is 0 Å². The summed E-state index contributed by atoms with van der Waals surface area (Å²) in [5.74, 6) is 0.686. The van der Waals surface area contributed by atoms with Crippen molar-refractivity contribution in [3.8, 4) is 0 Å². The molecule has 0 saturated heterocycles. The lowest BCUT2D eigenvalue weighted by Crippen LogP contribution is -2.34. The van der Waals surface area contributed by atoms with Crippen molar-refractivity contribution >= 4 is 10.0 Å². The van der Waals surface area contributed by atoms with Gasteiger partial charge in [-0.1, -0.05) is 12.2 Å². The second-order valence-electron chi connectivity index (χ2n) is 8.46. The number of alkyl halides is 3. The number of allylic oxidation sites excluding steroid dienone is 1. The minimum Gasteiger partial charge on any atom is -0.377 e. The Balaban J connectivity index is 1.38. The van der Waals surface area contributed by atoms with Crippen LogP contribution in [0.5, 0.6) is 0 Å². The molecule has 1 aromatic heterocycles. The number of ether oxygens (including phenoxy) is 1. The Labute approximate surface area is 193 Å². The third-order valence-electron chi connectivity index (χ3n) is 5.98. The molecule has 1 aliphatic carbocycles. The molecule has 1 aromatic carbocycles. The molecule has 0 unspecified atom stereocenters. The molecular formula is C23H30F3N3O3S. The minimum absolute atomic E-state index is 0.124. The van der Waals surface area contributed by atoms with Crippen LogP contribution in [-0.2, 0) is 27.5 Å². The van der Waals surface area contributed by atoms with E-state index in [1.54, 1.807) is 12.5 Å². The lowest BCUT2D eigenvalue weighted by Gasteiger charge is -2.30. The van der Waals surface area contributed by atoms with E-state index in [4.69, 9.17) is 4.74 Å². The minimum atomic E-state index is -4.49. The Morgan fingerprint density at radius 2 is 1.79 bits per heavy atom. The van der Waals surface area contributed by atoms with Crippen LogP contribution in [0.1, 0.15) is 31.2 Å². The van der Waals surface area contributed by atoms with Gasteiger partial charge in [-0.25, -0.2) is 17.7 Å². The van der Waals surface area contributed by atoms with E-state index in [1.807, 2.05) is 22.9 Å². The van der Waals surface area contributed by atoms with Gasteiger partial charge in [-0.15, -0.1) is 0 Å². The molecule has 1 fully saturated rings. The van der Waals surface area contributed by atoms with Crippen molar-refractivity contribution in [2.24, 2.45) is 11.8 Å². The van der Waals surface area contributed by atoms with E-state index in [2.05, 4.69) is 4.98 Å². The van der Waals surface area contributed by atoms with Crippen molar-refractivity contribution in [2.75, 3.05) is 26.8 Å². The van der Waals surface area contributed by atoms with E-state index in [0.717, 1.165) is 56.5 Å². The molecule has 1 aliphatic rings. The number of rotatable bonds is 10. The fourth-order valence-corrected chi connectivity index (χ4v) is 5.25. The summed E-state index contributed by atoms with van der Waals surface area (Å²) >= 11 is 0. The smallest absolute Gasteiger partial charge is 0.377 e. The van der Waals surface area contributed by atoms with Crippen molar-refractivity contribution in [2.45, 2.75) is 43.3 Å². The second-order valence-corrected chi connectivity index (χ2v) is 10.5. The van der Waals surface area contributed by atoms with Crippen LogP contribution in [0.4, 0.5) is 13.2 Å². The summed E-state index contributed by atoms with van der Waals surface area (Å²) in [6.45, 7) is 2.36. The van der Waals surface area contributed by atoms with Gasteiger partial charge in [0.15, 0.2) is 0 Å². The Morgan fingerprint density at radius 1 is 1.12 bits per heavy atom. The van der Waals surface area contributed by atoms with Gasteiger partial charge in [0.1, 0.15) is 0 Å². The Morgan fingerprint density at radius 3 is 2.39 bits per heavy atom. The molecule has 0 radical (unpaired) electrons. The highest BCUT2D eigenvalue weighted by Gasteiger charge is 2.32. The summed E-state index contributed by atoms with van der Waals surface area (Å²) < 4.78 is 72.6. The Kier molecular flexibility index (Phi) is 8.72. The maximum Gasteiger partial charge on any atom is 0.416 e. The predicted molar refractivity (Wildman–Crippen MR) is 119 cm³/mol. The van der Waals surface area contributed by atoms with Gasteiger partial charge >= 0.3 is 6.18 Å². The molecule has 0 bridgehead atoms. The summed E-state index contributed by atoms with van der Waals surface area (Å²) in [7, 11) is -2.34. The Hall–Kier alpha value is -2.17. The first-order valence-electron chi connectivity index (χ1n) is 11.0. The first-order valence-corrected chi connectivity index (χ1v) is 12.4. The fraction of sp³-hybridized carbons (Fsp3) is 0.522. The highest BCUT2D eigenvalue weighted by atomic mass is 32.2. The van der Waals surface area contributed by atoms with Gasteiger partial charge in [-0.3, -0.25) is 0 Å². The van der Waals surface area contributed by atoms with E-state index in [9.17, 15) is 21.6 Å². The molecule has 0 amide bonds. The summed E-state index contributed by atoms with van der Waals surface area (Å²) in [5, 5.41) is 0. The molecule has 0 N–H and O–H groups in total. The zero-order valence-electron chi connectivity index (χ0n) is 18.6. The second kappa shape index (κ2) is 11.3. The summed E-state index contributed by atoms with van der Waals surface area (Å²) in [4.78, 5) is 3.86. The number of sulfonamides is 1. The lowest BCUT2D eigenvalue weighted by molar-refractivity contribution is -0.137. The summed E-state index contributed by atoms with van der Waals surface area (Å²) in [6, 6.07) is 3.65. The lowest BCUT2D eigenvalue weighted by atomic mass is 9.82. The maximum absolute atomic E-state index is 12.7. The number of hydrogen-bond donors (Lipinski definition) is 0. The molecule has 0 spiro atoms. The van der Waals surface area contributed by atoms with Gasteiger partial charge in [-0.05, 0) is 61.8 Å².